The van der Waals surface area contributed by atoms with E-state index < -0.39 is 0 Å². The minimum absolute atomic E-state index is 0.118. The molecule has 21 heavy (non-hydrogen) atoms. The van der Waals surface area contributed by atoms with E-state index in [0.29, 0.717) is 6.54 Å². The van der Waals surface area contributed by atoms with Crippen LogP contribution in [-0.4, -0.2) is 61.3 Å². The van der Waals surface area contributed by atoms with Crippen molar-refractivity contribution in [2.24, 2.45) is 11.8 Å². The lowest BCUT2D eigenvalue weighted by atomic mass is 9.81. The summed E-state index contributed by atoms with van der Waals surface area (Å²) < 4.78 is 0. The molecule has 1 aliphatic carbocycles. The lowest BCUT2D eigenvalue weighted by molar-refractivity contribution is -0.143. The van der Waals surface area contributed by atoms with Gasteiger partial charge in [-0.05, 0) is 39.9 Å². The summed E-state index contributed by atoms with van der Waals surface area (Å²) in [5.74, 6) is -0.879. The summed E-state index contributed by atoms with van der Waals surface area (Å²) in [6.45, 7) is 1.35. The average molecular weight is 295 g/mol. The number of rotatable bonds is 6. The Morgan fingerprint density at radius 3 is 2.29 bits per heavy atom. The fraction of sp³-hybridized carbons (Fsp3) is 0.800. The predicted molar refractivity (Wildman–Crippen MR) is 78.3 cm³/mol. The van der Waals surface area contributed by atoms with Crippen LogP contribution in [0.5, 0.6) is 0 Å². The van der Waals surface area contributed by atoms with Gasteiger partial charge in [-0.3, -0.25) is 19.3 Å². The van der Waals surface area contributed by atoms with Crippen molar-refractivity contribution < 1.29 is 14.4 Å². The normalized spacial score (nSPS) is 25.4. The molecule has 0 aromatic rings. The second-order valence-electron chi connectivity index (χ2n) is 6.27. The number of amides is 3. The number of nitrogens with one attached hydrogen (secondary N) is 1. The highest BCUT2D eigenvalue weighted by Crippen LogP contribution is 2.37. The van der Waals surface area contributed by atoms with Crippen LogP contribution >= 0.6 is 0 Å². The molecule has 0 aromatic heterocycles. The number of carbonyl (C=O) groups excluding carboxylic acids is 3. The van der Waals surface area contributed by atoms with E-state index in [-0.39, 0.29) is 36.1 Å². The van der Waals surface area contributed by atoms with Crippen molar-refractivity contribution in [1.29, 1.82) is 0 Å². The zero-order valence-electron chi connectivity index (χ0n) is 12.9. The van der Waals surface area contributed by atoms with Crippen LogP contribution in [0.1, 0.15) is 32.1 Å². The third kappa shape index (κ3) is 3.81. The van der Waals surface area contributed by atoms with Crippen molar-refractivity contribution in [3.63, 3.8) is 0 Å². The molecule has 2 atom stereocenters. The molecule has 2 aliphatic rings. The van der Waals surface area contributed by atoms with Gasteiger partial charge in [-0.2, -0.15) is 0 Å². The van der Waals surface area contributed by atoms with Crippen LogP contribution in [0.2, 0.25) is 0 Å². The van der Waals surface area contributed by atoms with Gasteiger partial charge in [0, 0.05) is 6.54 Å². The maximum atomic E-state index is 12.2. The first kappa shape index (κ1) is 15.9. The van der Waals surface area contributed by atoms with Crippen LogP contribution in [0.3, 0.4) is 0 Å². The molecule has 0 aromatic carbocycles. The number of fused-ring (bicyclic) bond motifs is 1. The summed E-state index contributed by atoms with van der Waals surface area (Å²) in [6, 6.07) is 0. The second kappa shape index (κ2) is 7.02. The summed E-state index contributed by atoms with van der Waals surface area (Å²) in [4.78, 5) is 39.5. The van der Waals surface area contributed by atoms with E-state index in [1.807, 2.05) is 19.0 Å². The van der Waals surface area contributed by atoms with E-state index in [0.717, 1.165) is 38.6 Å². The van der Waals surface area contributed by atoms with Gasteiger partial charge in [-0.25, -0.2) is 0 Å². The summed E-state index contributed by atoms with van der Waals surface area (Å²) in [6.07, 6.45) is 4.44. The quantitative estimate of drug-likeness (QED) is 0.562. The molecule has 1 saturated heterocycles. The number of hydrogen-bond donors (Lipinski definition) is 1. The molecule has 1 aliphatic heterocycles. The van der Waals surface area contributed by atoms with Gasteiger partial charge >= 0.3 is 0 Å². The van der Waals surface area contributed by atoms with Crippen molar-refractivity contribution in [2.45, 2.75) is 32.1 Å². The SMILES string of the molecule is CN(C)CCCNC(=O)CN1C(=O)C2CCCCC2C1=O. The largest absolute Gasteiger partial charge is 0.354 e. The zero-order chi connectivity index (χ0) is 15.4. The van der Waals surface area contributed by atoms with Crippen molar-refractivity contribution in [3.05, 3.63) is 0 Å². The molecule has 1 N–H and O–H groups in total. The van der Waals surface area contributed by atoms with Crippen LogP contribution in [-0.2, 0) is 14.4 Å². The Morgan fingerprint density at radius 2 is 1.76 bits per heavy atom. The van der Waals surface area contributed by atoms with Crippen molar-refractivity contribution >= 4 is 17.7 Å². The molecular weight excluding hydrogens is 270 g/mol. The third-order valence-corrected chi connectivity index (χ3v) is 4.34. The van der Waals surface area contributed by atoms with Gasteiger partial charge in [0.15, 0.2) is 0 Å². The zero-order valence-corrected chi connectivity index (χ0v) is 12.9. The first-order valence-corrected chi connectivity index (χ1v) is 7.77. The molecule has 118 valence electrons. The van der Waals surface area contributed by atoms with Gasteiger partial charge in [0.05, 0.1) is 11.8 Å². The maximum absolute atomic E-state index is 12.2. The Kier molecular flexibility index (Phi) is 5.33. The first-order valence-electron chi connectivity index (χ1n) is 7.77. The molecule has 0 bridgehead atoms. The topological polar surface area (TPSA) is 69.7 Å². The Bertz CT molecular complexity index is 398. The van der Waals surface area contributed by atoms with E-state index in [1.54, 1.807) is 0 Å². The number of imide groups is 1. The van der Waals surface area contributed by atoms with E-state index in [9.17, 15) is 14.4 Å². The Morgan fingerprint density at radius 1 is 1.19 bits per heavy atom. The number of likely N-dealkylation sites (tertiary alicyclic amines) is 1. The lowest BCUT2D eigenvalue weighted by Crippen LogP contribution is -2.41. The Labute approximate surface area is 125 Å². The van der Waals surface area contributed by atoms with E-state index in [4.69, 9.17) is 0 Å². The van der Waals surface area contributed by atoms with Gasteiger partial charge in [0.2, 0.25) is 17.7 Å². The Hall–Kier alpha value is -1.43. The van der Waals surface area contributed by atoms with Crippen LogP contribution in [0.4, 0.5) is 0 Å². The summed E-state index contributed by atoms with van der Waals surface area (Å²) >= 11 is 0. The molecule has 1 saturated carbocycles. The van der Waals surface area contributed by atoms with Crippen LogP contribution in [0.25, 0.3) is 0 Å². The number of hydrogen-bond acceptors (Lipinski definition) is 4. The van der Waals surface area contributed by atoms with Gasteiger partial charge < -0.3 is 10.2 Å². The molecular formula is C15H25N3O3. The molecule has 3 amide bonds. The highest BCUT2D eigenvalue weighted by atomic mass is 16.2. The van der Waals surface area contributed by atoms with E-state index in [2.05, 4.69) is 5.32 Å². The highest BCUT2D eigenvalue weighted by Gasteiger charge is 2.48. The lowest BCUT2D eigenvalue weighted by Gasteiger charge is -2.19. The third-order valence-electron chi connectivity index (χ3n) is 4.34. The number of nitrogens with zero attached hydrogens (tertiary/aromatic N) is 2. The standard InChI is InChI=1S/C15H25N3O3/c1-17(2)9-5-8-16-13(19)10-18-14(20)11-6-3-4-7-12(11)15(18)21/h11-12H,3-10H2,1-2H3,(H,16,19). The summed E-state index contributed by atoms with van der Waals surface area (Å²) in [5.41, 5.74) is 0. The number of carbonyl (C=O) groups is 3. The van der Waals surface area contributed by atoms with Crippen molar-refractivity contribution in [1.82, 2.24) is 15.1 Å². The smallest absolute Gasteiger partial charge is 0.240 e. The second-order valence-corrected chi connectivity index (χ2v) is 6.27. The van der Waals surface area contributed by atoms with E-state index in [1.165, 1.54) is 4.90 Å². The first-order chi connectivity index (χ1) is 10.0. The van der Waals surface area contributed by atoms with Crippen LogP contribution < -0.4 is 5.32 Å². The van der Waals surface area contributed by atoms with E-state index >= 15 is 0 Å². The summed E-state index contributed by atoms with van der Waals surface area (Å²) in [5, 5.41) is 2.78. The molecule has 6 nitrogen and oxygen atoms in total. The monoisotopic (exact) mass is 295 g/mol. The van der Waals surface area contributed by atoms with Gasteiger partial charge in [-0.15, -0.1) is 0 Å². The van der Waals surface area contributed by atoms with Gasteiger partial charge in [-0.1, -0.05) is 12.8 Å². The molecule has 2 unspecified atom stereocenters. The van der Waals surface area contributed by atoms with Crippen LogP contribution in [0, 0.1) is 11.8 Å². The van der Waals surface area contributed by atoms with Crippen LogP contribution in [0.15, 0.2) is 0 Å². The molecule has 2 rings (SSSR count). The minimum atomic E-state index is -0.242. The fourth-order valence-corrected chi connectivity index (χ4v) is 3.21. The fourth-order valence-electron chi connectivity index (χ4n) is 3.21. The minimum Gasteiger partial charge on any atom is -0.354 e. The molecule has 2 fully saturated rings. The summed E-state index contributed by atoms with van der Waals surface area (Å²) in [7, 11) is 3.95. The average Bonchev–Trinajstić information content (AvgIpc) is 2.69. The molecule has 0 spiro atoms. The van der Waals surface area contributed by atoms with Crippen molar-refractivity contribution in [2.75, 3.05) is 33.7 Å². The molecule has 6 heteroatoms. The molecule has 0 radical (unpaired) electrons. The van der Waals surface area contributed by atoms with Crippen molar-refractivity contribution in [3.8, 4) is 0 Å². The highest BCUT2D eigenvalue weighted by molar-refractivity contribution is 6.07. The van der Waals surface area contributed by atoms with Gasteiger partial charge in [0.1, 0.15) is 6.54 Å². The molecule has 1 heterocycles. The predicted octanol–water partition coefficient (Wildman–Crippen LogP) is 0.230. The van der Waals surface area contributed by atoms with Gasteiger partial charge in [0.25, 0.3) is 0 Å². The Balaban J connectivity index is 1.80. The maximum Gasteiger partial charge on any atom is 0.240 e.